The lowest BCUT2D eigenvalue weighted by Crippen LogP contribution is -2.08. The molecule has 1 aliphatic rings. The molecule has 0 spiro atoms. The molecule has 0 radical (unpaired) electrons. The summed E-state index contributed by atoms with van der Waals surface area (Å²) in [4.78, 5) is 8.53. The van der Waals surface area contributed by atoms with Gasteiger partial charge < -0.3 is 9.47 Å². The fraction of sp³-hybridized carbons (Fsp3) is 0.100. The topological polar surface area (TPSA) is 44.2 Å². The Morgan fingerprint density at radius 2 is 1.74 bits per heavy atom. The van der Waals surface area contributed by atoms with E-state index >= 15 is 0 Å². The smallest absolute Gasteiger partial charge is 0.416 e. The normalized spacial score (nSPS) is 14.3. The Balaban J connectivity index is 1.80. The van der Waals surface area contributed by atoms with Gasteiger partial charge in [-0.1, -0.05) is 24.3 Å². The lowest BCUT2D eigenvalue weighted by atomic mass is 10.0. The highest BCUT2D eigenvalue weighted by molar-refractivity contribution is 5.90. The molecule has 4 nitrogen and oxygen atoms in total. The Hall–Kier alpha value is -3.35. The number of benzene rings is 2. The van der Waals surface area contributed by atoms with Crippen LogP contribution >= 0.6 is 0 Å². The molecule has 0 saturated carbocycles. The van der Waals surface area contributed by atoms with Crippen LogP contribution in [0.1, 0.15) is 16.7 Å². The molecular formula is C20H13F3N2O2. The minimum atomic E-state index is -4.37. The predicted molar refractivity (Wildman–Crippen MR) is 94.0 cm³/mol. The summed E-state index contributed by atoms with van der Waals surface area (Å²) in [6.07, 6.45) is -1.14. The van der Waals surface area contributed by atoms with Gasteiger partial charge in [0.25, 0.3) is 0 Å². The molecule has 0 fully saturated rings. The van der Waals surface area contributed by atoms with Crippen molar-refractivity contribution in [2.75, 3.05) is 7.11 Å². The van der Waals surface area contributed by atoms with E-state index in [0.29, 0.717) is 28.3 Å². The molecule has 7 heteroatoms. The summed E-state index contributed by atoms with van der Waals surface area (Å²) >= 11 is 0. The second kappa shape index (κ2) is 6.42. The van der Waals surface area contributed by atoms with Gasteiger partial charge in [0, 0.05) is 11.8 Å². The molecular weight excluding hydrogens is 357 g/mol. The molecule has 3 aromatic rings. The van der Waals surface area contributed by atoms with Crippen molar-refractivity contribution in [1.29, 1.82) is 0 Å². The zero-order chi connectivity index (χ0) is 19.0. The molecule has 0 atom stereocenters. The van der Waals surface area contributed by atoms with Crippen LogP contribution in [-0.2, 0) is 6.18 Å². The third-order valence-corrected chi connectivity index (χ3v) is 4.11. The molecule has 0 saturated heterocycles. The quantitative estimate of drug-likeness (QED) is 0.632. The van der Waals surface area contributed by atoms with Gasteiger partial charge in [-0.3, -0.25) is 0 Å². The number of ether oxygens (including phenoxy) is 2. The standard InChI is InChI=1S/C20H13F3N2O2/c1-26-19-24-11-15-17(10-12-6-8-13(9-7-12)20(21,22)23)27-16-5-3-2-4-14(16)18(15)25-19/h2-11H,1H3/b17-10-. The second-order valence-electron chi connectivity index (χ2n) is 5.85. The predicted octanol–water partition coefficient (Wildman–Crippen LogP) is 5.06. The molecule has 136 valence electrons. The van der Waals surface area contributed by atoms with E-state index in [0.717, 1.165) is 17.7 Å². The molecule has 1 aliphatic heterocycles. The van der Waals surface area contributed by atoms with Gasteiger partial charge in [-0.25, -0.2) is 4.98 Å². The zero-order valence-electron chi connectivity index (χ0n) is 14.1. The van der Waals surface area contributed by atoms with Gasteiger partial charge in [0.2, 0.25) is 0 Å². The van der Waals surface area contributed by atoms with Crippen LogP contribution in [0.25, 0.3) is 23.1 Å². The first-order valence-corrected chi connectivity index (χ1v) is 8.03. The van der Waals surface area contributed by atoms with Crippen LogP contribution in [0.3, 0.4) is 0 Å². The molecule has 0 unspecified atom stereocenters. The van der Waals surface area contributed by atoms with E-state index in [1.807, 2.05) is 18.2 Å². The van der Waals surface area contributed by atoms with Crippen LogP contribution in [0.5, 0.6) is 11.8 Å². The number of fused-ring (bicyclic) bond motifs is 3. The van der Waals surface area contributed by atoms with Crippen LogP contribution in [0, 0.1) is 0 Å². The summed E-state index contributed by atoms with van der Waals surface area (Å²) in [6, 6.07) is 12.4. The first kappa shape index (κ1) is 17.1. The summed E-state index contributed by atoms with van der Waals surface area (Å²) < 4.78 is 49.3. The minimum Gasteiger partial charge on any atom is -0.467 e. The van der Waals surface area contributed by atoms with E-state index in [9.17, 15) is 13.2 Å². The number of aromatic nitrogens is 2. The van der Waals surface area contributed by atoms with E-state index in [1.165, 1.54) is 19.2 Å². The van der Waals surface area contributed by atoms with Crippen molar-refractivity contribution >= 4 is 11.8 Å². The molecule has 0 aliphatic carbocycles. The first-order chi connectivity index (χ1) is 13.0. The highest BCUT2D eigenvalue weighted by Gasteiger charge is 2.30. The minimum absolute atomic E-state index is 0.222. The monoisotopic (exact) mass is 370 g/mol. The van der Waals surface area contributed by atoms with Crippen LogP contribution in [0.4, 0.5) is 13.2 Å². The number of nitrogens with zero attached hydrogens (tertiary/aromatic N) is 2. The number of para-hydroxylation sites is 1. The third-order valence-electron chi connectivity index (χ3n) is 4.11. The Labute approximate surface area is 152 Å². The highest BCUT2D eigenvalue weighted by atomic mass is 19.4. The molecule has 2 heterocycles. The Morgan fingerprint density at radius 1 is 1.00 bits per heavy atom. The van der Waals surface area contributed by atoms with E-state index in [4.69, 9.17) is 9.47 Å². The van der Waals surface area contributed by atoms with Crippen molar-refractivity contribution < 1.29 is 22.6 Å². The van der Waals surface area contributed by atoms with Crippen molar-refractivity contribution in [3.8, 4) is 23.0 Å². The van der Waals surface area contributed by atoms with Crippen LogP contribution in [-0.4, -0.2) is 17.1 Å². The SMILES string of the molecule is COc1ncc2c(n1)-c1ccccc1O/C2=C\c1ccc(C(F)(F)F)cc1. The Bertz CT molecular complexity index is 1030. The number of hydrogen-bond donors (Lipinski definition) is 0. The Morgan fingerprint density at radius 3 is 2.44 bits per heavy atom. The second-order valence-corrected chi connectivity index (χ2v) is 5.85. The van der Waals surface area contributed by atoms with Gasteiger partial charge in [-0.2, -0.15) is 18.2 Å². The summed E-state index contributed by atoms with van der Waals surface area (Å²) in [5, 5.41) is 0. The van der Waals surface area contributed by atoms with Crippen LogP contribution in [0.2, 0.25) is 0 Å². The maximum Gasteiger partial charge on any atom is 0.416 e. The average Bonchev–Trinajstić information content (AvgIpc) is 2.67. The largest absolute Gasteiger partial charge is 0.467 e. The average molecular weight is 370 g/mol. The molecule has 0 bridgehead atoms. The van der Waals surface area contributed by atoms with Crippen molar-refractivity contribution in [2.45, 2.75) is 6.18 Å². The van der Waals surface area contributed by atoms with Gasteiger partial charge >= 0.3 is 12.2 Å². The van der Waals surface area contributed by atoms with E-state index in [2.05, 4.69) is 9.97 Å². The van der Waals surface area contributed by atoms with Gasteiger partial charge in [0.05, 0.1) is 23.9 Å². The highest BCUT2D eigenvalue weighted by Crippen LogP contribution is 2.41. The van der Waals surface area contributed by atoms with Gasteiger partial charge in [-0.05, 0) is 35.9 Å². The number of alkyl halides is 3. The molecule has 2 aromatic carbocycles. The van der Waals surface area contributed by atoms with E-state index in [-0.39, 0.29) is 6.01 Å². The molecule has 4 rings (SSSR count). The van der Waals surface area contributed by atoms with Gasteiger partial charge in [-0.15, -0.1) is 0 Å². The maximum absolute atomic E-state index is 12.7. The molecule has 0 N–H and O–H groups in total. The third kappa shape index (κ3) is 3.23. The molecule has 27 heavy (non-hydrogen) atoms. The molecule has 0 amide bonds. The van der Waals surface area contributed by atoms with Crippen molar-refractivity contribution in [3.05, 3.63) is 71.4 Å². The van der Waals surface area contributed by atoms with Crippen molar-refractivity contribution in [3.63, 3.8) is 0 Å². The van der Waals surface area contributed by atoms with Crippen LogP contribution in [0.15, 0.2) is 54.7 Å². The van der Waals surface area contributed by atoms with Crippen molar-refractivity contribution in [2.24, 2.45) is 0 Å². The van der Waals surface area contributed by atoms with E-state index in [1.54, 1.807) is 18.3 Å². The lowest BCUT2D eigenvalue weighted by molar-refractivity contribution is -0.137. The van der Waals surface area contributed by atoms with Gasteiger partial charge in [0.1, 0.15) is 11.5 Å². The number of rotatable bonds is 2. The van der Waals surface area contributed by atoms with Crippen LogP contribution < -0.4 is 9.47 Å². The fourth-order valence-electron chi connectivity index (χ4n) is 2.80. The Kier molecular flexibility index (Phi) is 4.07. The number of hydrogen-bond acceptors (Lipinski definition) is 4. The van der Waals surface area contributed by atoms with Crippen molar-refractivity contribution in [1.82, 2.24) is 9.97 Å². The fourth-order valence-corrected chi connectivity index (χ4v) is 2.80. The zero-order valence-corrected chi connectivity index (χ0v) is 14.1. The van der Waals surface area contributed by atoms with E-state index < -0.39 is 11.7 Å². The summed E-state index contributed by atoms with van der Waals surface area (Å²) in [5.41, 5.74) is 1.93. The summed E-state index contributed by atoms with van der Waals surface area (Å²) in [6.45, 7) is 0. The lowest BCUT2D eigenvalue weighted by Gasteiger charge is -2.22. The number of methoxy groups -OCH3 is 1. The summed E-state index contributed by atoms with van der Waals surface area (Å²) in [7, 11) is 1.48. The summed E-state index contributed by atoms with van der Waals surface area (Å²) in [5.74, 6) is 1.05. The maximum atomic E-state index is 12.7. The molecule has 1 aromatic heterocycles. The number of halogens is 3. The van der Waals surface area contributed by atoms with Gasteiger partial charge in [0.15, 0.2) is 0 Å². The first-order valence-electron chi connectivity index (χ1n) is 8.03.